The van der Waals surface area contributed by atoms with Crippen molar-refractivity contribution in [3.05, 3.63) is 24.8 Å². The molecule has 0 aliphatic carbocycles. The highest BCUT2D eigenvalue weighted by molar-refractivity contribution is 7.59. The van der Waals surface area contributed by atoms with E-state index in [0.29, 0.717) is 0 Å². The van der Waals surface area contributed by atoms with Crippen LogP contribution in [0.1, 0.15) is 0 Å². The van der Waals surface area contributed by atoms with Gasteiger partial charge in [0.05, 0.1) is 0 Å². The zero-order chi connectivity index (χ0) is 12.3. The van der Waals surface area contributed by atoms with Gasteiger partial charge in [-0.05, 0) is 13.1 Å². The standard InChI is InChI=1S/C6H14O6P2Si/c1-5-13(7,8)11-15(3,4)12-14(9,10)6-2/h5-6H,1-2H2,3-4H3,(H,7,8)(H,9,10). The monoisotopic (exact) mass is 272 g/mol. The Bertz CT molecular complexity index is 320. The first-order chi connectivity index (χ1) is 6.54. The molecular formula is C6H14O6P2Si. The number of hydrogen-bond donors (Lipinski definition) is 2. The van der Waals surface area contributed by atoms with Gasteiger partial charge in [-0.1, -0.05) is 13.2 Å². The second-order valence-electron chi connectivity index (χ2n) is 3.08. The molecule has 2 unspecified atom stereocenters. The summed E-state index contributed by atoms with van der Waals surface area (Å²) in [6.45, 7) is 8.95. The Labute approximate surface area is 89.6 Å². The van der Waals surface area contributed by atoms with Crippen LogP contribution in [0, 0.1) is 0 Å². The lowest BCUT2D eigenvalue weighted by Gasteiger charge is -2.25. The van der Waals surface area contributed by atoms with Crippen molar-refractivity contribution >= 4 is 23.8 Å². The highest BCUT2D eigenvalue weighted by Crippen LogP contribution is 2.52. The van der Waals surface area contributed by atoms with Crippen molar-refractivity contribution in [1.29, 1.82) is 0 Å². The Hall–Kier alpha value is -0.00312. The zero-order valence-electron chi connectivity index (χ0n) is 8.49. The van der Waals surface area contributed by atoms with Gasteiger partial charge in [0.25, 0.3) is 0 Å². The van der Waals surface area contributed by atoms with Gasteiger partial charge < -0.3 is 18.2 Å². The van der Waals surface area contributed by atoms with Gasteiger partial charge >= 0.3 is 23.8 Å². The minimum Gasteiger partial charge on any atom is -0.322 e. The summed E-state index contributed by atoms with van der Waals surface area (Å²) < 4.78 is 31.8. The first kappa shape index (κ1) is 15.0. The van der Waals surface area contributed by atoms with Crippen molar-refractivity contribution in [1.82, 2.24) is 0 Å². The molecule has 0 aromatic heterocycles. The van der Waals surface area contributed by atoms with E-state index in [1.54, 1.807) is 0 Å². The second kappa shape index (κ2) is 4.89. The van der Waals surface area contributed by atoms with E-state index in [0.717, 1.165) is 11.6 Å². The molecule has 6 nitrogen and oxygen atoms in total. The van der Waals surface area contributed by atoms with Gasteiger partial charge in [0.15, 0.2) is 0 Å². The fourth-order valence-electron chi connectivity index (χ4n) is 0.721. The van der Waals surface area contributed by atoms with Gasteiger partial charge in [-0.25, -0.2) is 0 Å². The van der Waals surface area contributed by atoms with E-state index >= 15 is 0 Å². The van der Waals surface area contributed by atoms with Crippen LogP contribution in [0.4, 0.5) is 0 Å². The van der Waals surface area contributed by atoms with Gasteiger partial charge in [0.1, 0.15) is 0 Å². The molecule has 0 spiro atoms. The van der Waals surface area contributed by atoms with Gasteiger partial charge in [0, 0.05) is 11.6 Å². The SMILES string of the molecule is C=CP(=O)(O)O[Si](C)(C)OP(=O)(O)C=C. The van der Waals surface area contributed by atoms with Gasteiger partial charge in [-0.15, -0.1) is 0 Å². The third kappa shape index (κ3) is 6.22. The Morgan fingerprint density at radius 2 is 1.33 bits per heavy atom. The molecule has 0 saturated carbocycles. The summed E-state index contributed by atoms with van der Waals surface area (Å²) in [6, 6.07) is 0. The van der Waals surface area contributed by atoms with Crippen LogP contribution < -0.4 is 0 Å². The summed E-state index contributed by atoms with van der Waals surface area (Å²) >= 11 is 0. The molecule has 0 radical (unpaired) electrons. The van der Waals surface area contributed by atoms with Crippen LogP contribution in [0.5, 0.6) is 0 Å². The first-order valence-corrected chi connectivity index (χ1v) is 9.98. The Morgan fingerprint density at radius 3 is 1.53 bits per heavy atom. The summed E-state index contributed by atoms with van der Waals surface area (Å²) in [7, 11) is -11.1. The van der Waals surface area contributed by atoms with E-state index in [1.165, 1.54) is 13.1 Å². The average Bonchev–Trinajstić information content (AvgIpc) is 2.00. The molecule has 88 valence electrons. The summed E-state index contributed by atoms with van der Waals surface area (Å²) in [6.07, 6.45) is 0. The lowest BCUT2D eigenvalue weighted by molar-refractivity contribution is 0.318. The maximum atomic E-state index is 11.1. The maximum Gasteiger partial charge on any atom is 0.348 e. The fraction of sp³-hybridized carbons (Fsp3) is 0.333. The largest absolute Gasteiger partial charge is 0.348 e. The average molecular weight is 272 g/mol. The zero-order valence-corrected chi connectivity index (χ0v) is 11.3. The summed E-state index contributed by atoms with van der Waals surface area (Å²) in [4.78, 5) is 18.2. The smallest absolute Gasteiger partial charge is 0.322 e. The molecule has 2 N–H and O–H groups in total. The molecule has 15 heavy (non-hydrogen) atoms. The van der Waals surface area contributed by atoms with E-state index in [2.05, 4.69) is 13.2 Å². The predicted octanol–water partition coefficient (Wildman–Crippen LogP) is 2.38. The molecule has 0 aliphatic heterocycles. The molecule has 0 aromatic carbocycles. The normalized spacial score (nSPS) is 20.0. The van der Waals surface area contributed by atoms with Crippen LogP contribution in [0.15, 0.2) is 24.8 Å². The molecule has 9 heteroatoms. The minimum atomic E-state index is -3.96. The number of rotatable bonds is 6. The van der Waals surface area contributed by atoms with Gasteiger partial charge in [-0.2, -0.15) is 0 Å². The molecule has 0 heterocycles. The molecule has 2 atom stereocenters. The number of hydrogen-bond acceptors (Lipinski definition) is 4. The molecule has 0 rings (SSSR count). The molecule has 0 saturated heterocycles. The summed E-state index contributed by atoms with van der Waals surface area (Å²) in [5, 5.41) is 0. The predicted molar refractivity (Wildman–Crippen MR) is 59.7 cm³/mol. The van der Waals surface area contributed by atoms with Crippen LogP contribution in [0.2, 0.25) is 13.1 Å². The van der Waals surface area contributed by atoms with Crippen molar-refractivity contribution in [2.45, 2.75) is 13.1 Å². The van der Waals surface area contributed by atoms with Crippen molar-refractivity contribution in [3.63, 3.8) is 0 Å². The van der Waals surface area contributed by atoms with Crippen molar-refractivity contribution in [3.8, 4) is 0 Å². The molecular weight excluding hydrogens is 258 g/mol. The topological polar surface area (TPSA) is 93.1 Å². The van der Waals surface area contributed by atoms with Crippen LogP contribution >= 0.6 is 15.2 Å². The second-order valence-corrected chi connectivity index (χ2v) is 10.3. The third-order valence-electron chi connectivity index (χ3n) is 1.16. The molecule has 0 amide bonds. The van der Waals surface area contributed by atoms with Gasteiger partial charge in [0.2, 0.25) is 0 Å². The fourth-order valence-corrected chi connectivity index (χ4v) is 6.79. The summed E-state index contributed by atoms with van der Waals surface area (Å²) in [5.74, 6) is 1.47. The maximum absolute atomic E-state index is 11.1. The van der Waals surface area contributed by atoms with Crippen LogP contribution in [-0.2, 0) is 17.6 Å². The highest BCUT2D eigenvalue weighted by atomic mass is 31.2. The van der Waals surface area contributed by atoms with Gasteiger partial charge in [-0.3, -0.25) is 9.13 Å². The lowest BCUT2D eigenvalue weighted by Crippen LogP contribution is -2.31. The van der Waals surface area contributed by atoms with Crippen molar-refractivity contribution < 1.29 is 27.3 Å². The minimum absolute atomic E-state index is 0.737. The quantitative estimate of drug-likeness (QED) is 0.569. The first-order valence-electron chi connectivity index (χ1n) is 3.87. The third-order valence-corrected chi connectivity index (χ3v) is 7.70. The van der Waals surface area contributed by atoms with Crippen LogP contribution in [0.25, 0.3) is 0 Å². The Kier molecular flexibility index (Phi) is 4.89. The van der Waals surface area contributed by atoms with E-state index in [-0.39, 0.29) is 0 Å². The van der Waals surface area contributed by atoms with Crippen LogP contribution in [0.3, 0.4) is 0 Å². The molecule has 0 aliphatic rings. The van der Waals surface area contributed by atoms with Crippen molar-refractivity contribution in [2.75, 3.05) is 0 Å². The summed E-state index contributed by atoms with van der Waals surface area (Å²) in [5.41, 5.74) is 0. The van der Waals surface area contributed by atoms with E-state index in [4.69, 9.17) is 18.2 Å². The highest BCUT2D eigenvalue weighted by Gasteiger charge is 2.38. The molecule has 0 fully saturated rings. The molecule has 0 bridgehead atoms. The molecule has 0 aromatic rings. The Morgan fingerprint density at radius 1 is 1.07 bits per heavy atom. The van der Waals surface area contributed by atoms with Crippen molar-refractivity contribution in [2.24, 2.45) is 0 Å². The Balaban J connectivity index is 4.72. The van der Waals surface area contributed by atoms with E-state index in [1.807, 2.05) is 0 Å². The van der Waals surface area contributed by atoms with E-state index in [9.17, 15) is 9.13 Å². The van der Waals surface area contributed by atoms with Crippen LogP contribution in [-0.4, -0.2) is 18.3 Å². The lowest BCUT2D eigenvalue weighted by atomic mass is 11.3. The van der Waals surface area contributed by atoms with E-state index < -0.39 is 23.8 Å².